The molecule has 0 aliphatic carbocycles. The largest absolute Gasteiger partial charge is 0.469 e. The van der Waals surface area contributed by atoms with Gasteiger partial charge in [0.25, 0.3) is 0 Å². The van der Waals surface area contributed by atoms with E-state index in [1.807, 2.05) is 60.7 Å². The highest BCUT2D eigenvalue weighted by Gasteiger charge is 2.20. The molecule has 6 nitrogen and oxygen atoms in total. The average molecular weight is 347 g/mol. The summed E-state index contributed by atoms with van der Waals surface area (Å²) in [4.78, 5) is 9.59. The van der Waals surface area contributed by atoms with Gasteiger partial charge in [-0.25, -0.2) is 4.21 Å². The van der Waals surface area contributed by atoms with Crippen LogP contribution in [0.3, 0.4) is 0 Å². The lowest BCUT2D eigenvalue weighted by Gasteiger charge is -2.14. The SMILES string of the molecule is COC(C)=O.NC(N)=NS(=O)C(c1ccccc1)c1ccccc1. The highest BCUT2D eigenvalue weighted by atomic mass is 32.2. The van der Waals surface area contributed by atoms with E-state index in [9.17, 15) is 9.00 Å². The fourth-order valence-electron chi connectivity index (χ4n) is 1.84. The van der Waals surface area contributed by atoms with E-state index in [4.69, 9.17) is 11.5 Å². The number of carbonyl (C=O) groups excluding carboxylic acids is 1. The lowest BCUT2D eigenvalue weighted by Crippen LogP contribution is -2.24. The summed E-state index contributed by atoms with van der Waals surface area (Å²) in [6.45, 7) is 1.36. The number of esters is 1. The first-order valence-electron chi connectivity index (χ1n) is 7.10. The Bertz CT molecular complexity index is 647. The molecule has 0 bridgehead atoms. The number of hydrogen-bond donors (Lipinski definition) is 2. The van der Waals surface area contributed by atoms with Crippen molar-refractivity contribution in [3.8, 4) is 0 Å². The molecule has 0 aromatic heterocycles. The molecule has 128 valence electrons. The quantitative estimate of drug-likeness (QED) is 0.499. The maximum atomic E-state index is 12.3. The summed E-state index contributed by atoms with van der Waals surface area (Å²) in [5.74, 6) is -0.416. The summed E-state index contributed by atoms with van der Waals surface area (Å²) < 4.78 is 20.2. The zero-order valence-electron chi connectivity index (χ0n) is 13.6. The van der Waals surface area contributed by atoms with Crippen LogP contribution in [0.25, 0.3) is 0 Å². The van der Waals surface area contributed by atoms with E-state index < -0.39 is 11.0 Å². The van der Waals surface area contributed by atoms with Crippen molar-refractivity contribution in [3.63, 3.8) is 0 Å². The van der Waals surface area contributed by atoms with Gasteiger partial charge in [0.1, 0.15) is 5.25 Å². The molecular weight excluding hydrogens is 326 g/mol. The Hall–Kier alpha value is -2.67. The van der Waals surface area contributed by atoms with Gasteiger partial charge in [0.2, 0.25) is 0 Å². The second-order valence-electron chi connectivity index (χ2n) is 4.69. The van der Waals surface area contributed by atoms with Gasteiger partial charge < -0.3 is 16.2 Å². The van der Waals surface area contributed by atoms with Crippen molar-refractivity contribution in [2.45, 2.75) is 12.2 Å². The van der Waals surface area contributed by atoms with Crippen molar-refractivity contribution in [1.29, 1.82) is 0 Å². The lowest BCUT2D eigenvalue weighted by atomic mass is 10.0. The zero-order valence-corrected chi connectivity index (χ0v) is 14.4. The number of rotatable bonds is 4. The number of nitrogens with zero attached hydrogens (tertiary/aromatic N) is 1. The van der Waals surface area contributed by atoms with Crippen LogP contribution in [0.4, 0.5) is 0 Å². The van der Waals surface area contributed by atoms with Crippen LogP contribution < -0.4 is 11.5 Å². The normalized spacial score (nSPS) is 11.0. The van der Waals surface area contributed by atoms with Crippen LogP contribution in [0.5, 0.6) is 0 Å². The molecule has 1 atom stereocenters. The van der Waals surface area contributed by atoms with Crippen LogP contribution in [0.15, 0.2) is 65.1 Å². The summed E-state index contributed by atoms with van der Waals surface area (Å²) >= 11 is 0. The molecular formula is C17H21N3O3S. The maximum absolute atomic E-state index is 12.3. The number of nitrogens with two attached hydrogens (primary N) is 2. The molecule has 2 aromatic rings. The minimum atomic E-state index is -1.55. The van der Waals surface area contributed by atoms with Gasteiger partial charge in [0.15, 0.2) is 16.9 Å². The Labute approximate surface area is 144 Å². The van der Waals surface area contributed by atoms with Gasteiger partial charge >= 0.3 is 5.97 Å². The van der Waals surface area contributed by atoms with Crippen molar-refractivity contribution in [2.24, 2.45) is 15.9 Å². The van der Waals surface area contributed by atoms with Crippen molar-refractivity contribution in [2.75, 3.05) is 7.11 Å². The number of hydrogen-bond acceptors (Lipinski definition) is 3. The first-order valence-corrected chi connectivity index (χ1v) is 8.27. The van der Waals surface area contributed by atoms with Crippen LogP contribution in [0, 0.1) is 0 Å². The van der Waals surface area contributed by atoms with Gasteiger partial charge in [-0.3, -0.25) is 4.79 Å². The Kier molecular flexibility index (Phi) is 8.21. The molecule has 0 aliphatic rings. The maximum Gasteiger partial charge on any atom is 0.302 e. The summed E-state index contributed by atoms with van der Waals surface area (Å²) in [7, 11) is -0.202. The van der Waals surface area contributed by atoms with E-state index in [1.54, 1.807) is 0 Å². The second-order valence-corrected chi connectivity index (χ2v) is 5.90. The highest BCUT2D eigenvalue weighted by molar-refractivity contribution is 7.84. The van der Waals surface area contributed by atoms with Gasteiger partial charge in [0.05, 0.1) is 7.11 Å². The van der Waals surface area contributed by atoms with Crippen LogP contribution in [-0.2, 0) is 20.5 Å². The molecule has 2 rings (SSSR count). The third-order valence-electron chi connectivity index (χ3n) is 2.89. The summed E-state index contributed by atoms with van der Waals surface area (Å²) in [6, 6.07) is 19.1. The van der Waals surface area contributed by atoms with Crippen molar-refractivity contribution < 1.29 is 13.7 Å². The van der Waals surface area contributed by atoms with Crippen LogP contribution in [0.1, 0.15) is 23.3 Å². The molecule has 7 heteroatoms. The Morgan fingerprint density at radius 1 is 1.00 bits per heavy atom. The van der Waals surface area contributed by atoms with E-state index in [1.165, 1.54) is 14.0 Å². The molecule has 0 fully saturated rings. The van der Waals surface area contributed by atoms with Crippen LogP contribution in [0.2, 0.25) is 0 Å². The summed E-state index contributed by atoms with van der Waals surface area (Å²) in [5.41, 5.74) is 12.5. The average Bonchev–Trinajstić information content (AvgIpc) is 2.57. The molecule has 2 aromatic carbocycles. The molecule has 24 heavy (non-hydrogen) atoms. The highest BCUT2D eigenvalue weighted by Crippen LogP contribution is 2.28. The first-order chi connectivity index (χ1) is 11.5. The number of guanidine groups is 1. The fourth-order valence-corrected chi connectivity index (χ4v) is 2.93. The van der Waals surface area contributed by atoms with Gasteiger partial charge in [-0.2, -0.15) is 4.40 Å². The predicted molar refractivity (Wildman–Crippen MR) is 96.4 cm³/mol. The second kappa shape index (κ2) is 10.2. The Morgan fingerprint density at radius 2 is 1.38 bits per heavy atom. The van der Waals surface area contributed by atoms with Gasteiger partial charge in [-0.1, -0.05) is 60.7 Å². The van der Waals surface area contributed by atoms with E-state index >= 15 is 0 Å². The molecule has 0 amide bonds. The van der Waals surface area contributed by atoms with Gasteiger partial charge in [0, 0.05) is 6.92 Å². The first kappa shape index (κ1) is 19.4. The van der Waals surface area contributed by atoms with Crippen molar-refractivity contribution >= 4 is 22.9 Å². The van der Waals surface area contributed by atoms with Crippen LogP contribution in [-0.4, -0.2) is 23.2 Å². The predicted octanol–water partition coefficient (Wildman–Crippen LogP) is 1.89. The number of benzene rings is 2. The summed E-state index contributed by atoms with van der Waals surface area (Å²) in [6.07, 6.45) is 0. The standard InChI is InChI=1S/C14H15N3OS.C3H6O2/c15-14(16)17-19(18)13(11-7-3-1-4-8-11)12-9-5-2-6-10-12;1-3(4)5-2/h1-10,13H,(H4,15,16,17);1-2H3. The molecule has 0 aliphatic heterocycles. The molecule has 0 saturated carbocycles. The van der Waals surface area contributed by atoms with E-state index in [0.29, 0.717) is 0 Å². The molecule has 0 saturated heterocycles. The summed E-state index contributed by atoms with van der Waals surface area (Å²) in [5, 5.41) is -0.371. The number of methoxy groups -OCH3 is 1. The third kappa shape index (κ3) is 6.62. The van der Waals surface area contributed by atoms with Crippen molar-refractivity contribution in [3.05, 3.63) is 71.8 Å². The molecule has 1 unspecified atom stereocenters. The lowest BCUT2D eigenvalue weighted by molar-refractivity contribution is -0.137. The van der Waals surface area contributed by atoms with Gasteiger partial charge in [-0.15, -0.1) is 0 Å². The number of ether oxygens (including phenoxy) is 1. The molecule has 0 spiro atoms. The van der Waals surface area contributed by atoms with E-state index in [2.05, 4.69) is 9.13 Å². The van der Waals surface area contributed by atoms with E-state index in [0.717, 1.165) is 11.1 Å². The van der Waals surface area contributed by atoms with E-state index in [-0.39, 0.29) is 17.2 Å². The zero-order chi connectivity index (χ0) is 17.9. The molecule has 4 N–H and O–H groups in total. The topological polar surface area (TPSA) is 108 Å². The smallest absolute Gasteiger partial charge is 0.302 e. The van der Waals surface area contributed by atoms with Crippen molar-refractivity contribution in [1.82, 2.24) is 0 Å². The molecule has 0 radical (unpaired) electrons. The minimum Gasteiger partial charge on any atom is -0.469 e. The molecule has 0 heterocycles. The third-order valence-corrected chi connectivity index (χ3v) is 4.23. The Morgan fingerprint density at radius 3 is 1.67 bits per heavy atom. The number of carbonyl (C=O) groups is 1. The monoisotopic (exact) mass is 347 g/mol. The minimum absolute atomic E-state index is 0.171. The van der Waals surface area contributed by atoms with Crippen LogP contribution >= 0.6 is 0 Å². The van der Waals surface area contributed by atoms with Gasteiger partial charge in [-0.05, 0) is 11.1 Å². The fraction of sp³-hybridized carbons (Fsp3) is 0.176. The Balaban J connectivity index is 0.000000505.